The third kappa shape index (κ3) is 3.21. The number of Topliss-reactive ketones (excluding diaryl/α,β-unsaturated/α-hetero) is 1. The van der Waals surface area contributed by atoms with Crippen LogP contribution in [0.3, 0.4) is 0 Å². The van der Waals surface area contributed by atoms with E-state index >= 15 is 0 Å². The van der Waals surface area contributed by atoms with Gasteiger partial charge in [0.1, 0.15) is 5.78 Å². The number of rotatable bonds is 4. The molecule has 0 N–H and O–H groups in total. The van der Waals surface area contributed by atoms with Gasteiger partial charge in [-0.2, -0.15) is 0 Å². The van der Waals surface area contributed by atoms with E-state index in [4.69, 9.17) is 0 Å². The molecule has 0 fully saturated rings. The highest BCUT2D eigenvalue weighted by molar-refractivity contribution is 5.78. The summed E-state index contributed by atoms with van der Waals surface area (Å²) in [6, 6.07) is 0. The fourth-order valence-corrected chi connectivity index (χ4v) is 1.48. The number of ketones is 1. The van der Waals surface area contributed by atoms with Gasteiger partial charge in [0, 0.05) is 5.92 Å². The molecule has 12 heavy (non-hydrogen) atoms. The third-order valence-corrected chi connectivity index (χ3v) is 2.54. The van der Waals surface area contributed by atoms with E-state index in [-0.39, 0.29) is 17.1 Å². The second kappa shape index (κ2) is 3.88. The molecule has 1 atom stereocenters. The molecule has 0 spiro atoms. The number of hydrogen-bond donors (Lipinski definition) is 0. The Kier molecular flexibility index (Phi) is 3.69. The molecular weight excluding hydrogens is 148 g/mol. The molecule has 0 aliphatic heterocycles. The topological polar surface area (TPSA) is 17.1 Å². The smallest absolute Gasteiger partial charge is 0.133 e. The van der Waals surface area contributed by atoms with Crippen LogP contribution in [0.15, 0.2) is 12.2 Å². The van der Waals surface area contributed by atoms with Gasteiger partial charge in [0.25, 0.3) is 0 Å². The van der Waals surface area contributed by atoms with Crippen LogP contribution in [0.5, 0.6) is 0 Å². The molecule has 0 bridgehead atoms. The highest BCUT2D eigenvalue weighted by Gasteiger charge is 2.28. The minimum atomic E-state index is 0.0532. The monoisotopic (exact) mass is 168 g/mol. The van der Waals surface area contributed by atoms with Gasteiger partial charge in [0.05, 0.1) is 0 Å². The molecule has 1 nitrogen and oxygen atoms in total. The highest BCUT2D eigenvalue weighted by Crippen LogP contribution is 2.33. The lowest BCUT2D eigenvalue weighted by Gasteiger charge is -2.30. The van der Waals surface area contributed by atoms with Gasteiger partial charge in [-0.05, 0) is 25.7 Å². The zero-order valence-corrected chi connectivity index (χ0v) is 8.90. The summed E-state index contributed by atoms with van der Waals surface area (Å²) in [7, 11) is 0. The second-order valence-electron chi connectivity index (χ2n) is 4.45. The van der Waals surface area contributed by atoms with Gasteiger partial charge in [-0.15, -0.1) is 6.58 Å². The Hall–Kier alpha value is -0.590. The van der Waals surface area contributed by atoms with E-state index in [1.54, 1.807) is 6.92 Å². The summed E-state index contributed by atoms with van der Waals surface area (Å²) in [6.45, 7) is 13.8. The van der Waals surface area contributed by atoms with Crippen LogP contribution >= 0.6 is 0 Å². The molecule has 0 unspecified atom stereocenters. The number of hydrogen-bond acceptors (Lipinski definition) is 1. The van der Waals surface area contributed by atoms with E-state index in [2.05, 4.69) is 20.4 Å². The van der Waals surface area contributed by atoms with Crippen molar-refractivity contribution in [2.24, 2.45) is 11.3 Å². The van der Waals surface area contributed by atoms with Crippen molar-refractivity contribution in [1.82, 2.24) is 0 Å². The zero-order chi connectivity index (χ0) is 9.94. The fourth-order valence-electron chi connectivity index (χ4n) is 1.48. The van der Waals surface area contributed by atoms with Crippen molar-refractivity contribution in [2.45, 2.75) is 41.0 Å². The Morgan fingerprint density at radius 2 is 1.83 bits per heavy atom. The first-order valence-electron chi connectivity index (χ1n) is 4.42. The van der Waals surface area contributed by atoms with E-state index in [0.717, 1.165) is 12.0 Å². The number of carbonyl (C=O) groups is 1. The predicted molar refractivity (Wildman–Crippen MR) is 53.1 cm³/mol. The van der Waals surface area contributed by atoms with E-state index < -0.39 is 0 Å². The maximum Gasteiger partial charge on any atom is 0.133 e. The lowest BCUT2D eigenvalue weighted by Crippen LogP contribution is -2.27. The Morgan fingerprint density at radius 3 is 2.08 bits per heavy atom. The van der Waals surface area contributed by atoms with Crippen molar-refractivity contribution in [3.8, 4) is 0 Å². The van der Waals surface area contributed by atoms with Crippen LogP contribution in [0.4, 0.5) is 0 Å². The van der Waals surface area contributed by atoms with Crippen LogP contribution in [0.25, 0.3) is 0 Å². The van der Waals surface area contributed by atoms with Gasteiger partial charge >= 0.3 is 0 Å². The number of allylic oxidation sites excluding steroid dienone is 1. The molecule has 1 heteroatoms. The van der Waals surface area contributed by atoms with E-state index in [9.17, 15) is 4.79 Å². The Morgan fingerprint density at radius 1 is 1.42 bits per heavy atom. The minimum absolute atomic E-state index is 0.0532. The van der Waals surface area contributed by atoms with Crippen molar-refractivity contribution < 1.29 is 4.79 Å². The quantitative estimate of drug-likeness (QED) is 0.589. The first kappa shape index (κ1) is 11.4. The Labute approximate surface area is 75.9 Å². The molecule has 0 saturated carbocycles. The van der Waals surface area contributed by atoms with Crippen LogP contribution in [-0.4, -0.2) is 5.78 Å². The van der Waals surface area contributed by atoms with Gasteiger partial charge in [-0.3, -0.25) is 4.79 Å². The third-order valence-electron chi connectivity index (χ3n) is 2.54. The molecule has 0 aliphatic rings. The summed E-state index contributed by atoms with van der Waals surface area (Å²) in [5, 5.41) is 0. The van der Waals surface area contributed by atoms with Crippen molar-refractivity contribution in [1.29, 1.82) is 0 Å². The second-order valence-corrected chi connectivity index (χ2v) is 4.45. The first-order chi connectivity index (χ1) is 5.27. The van der Waals surface area contributed by atoms with Crippen molar-refractivity contribution in [2.75, 3.05) is 0 Å². The van der Waals surface area contributed by atoms with Gasteiger partial charge < -0.3 is 0 Å². The van der Waals surface area contributed by atoms with Crippen LogP contribution < -0.4 is 0 Å². The average Bonchev–Trinajstić information content (AvgIpc) is 1.82. The van der Waals surface area contributed by atoms with Gasteiger partial charge in [-0.1, -0.05) is 26.3 Å². The molecule has 0 saturated heterocycles. The highest BCUT2D eigenvalue weighted by atomic mass is 16.1. The lowest BCUT2D eigenvalue weighted by molar-refractivity contribution is -0.123. The van der Waals surface area contributed by atoms with Crippen LogP contribution in [-0.2, 0) is 4.79 Å². The standard InChI is InChI=1S/C11H20O/c1-8(2)7-11(5,6)9(3)10(4)12/h9H,1,7H2,2-6H3/t9-/m0/s1. The first-order valence-corrected chi connectivity index (χ1v) is 4.42. The maximum absolute atomic E-state index is 11.1. The lowest BCUT2D eigenvalue weighted by atomic mass is 9.74. The van der Waals surface area contributed by atoms with E-state index in [1.807, 2.05) is 13.8 Å². The zero-order valence-electron chi connectivity index (χ0n) is 8.90. The SMILES string of the molecule is C=C(C)CC(C)(C)[C@@H](C)C(C)=O. The molecule has 0 radical (unpaired) electrons. The predicted octanol–water partition coefficient (Wildman–Crippen LogP) is 3.20. The average molecular weight is 168 g/mol. The van der Waals surface area contributed by atoms with Gasteiger partial charge in [0.2, 0.25) is 0 Å². The fraction of sp³-hybridized carbons (Fsp3) is 0.727. The van der Waals surface area contributed by atoms with Gasteiger partial charge in [0.15, 0.2) is 0 Å². The molecule has 70 valence electrons. The van der Waals surface area contributed by atoms with Gasteiger partial charge in [-0.25, -0.2) is 0 Å². The summed E-state index contributed by atoms with van der Waals surface area (Å²) in [5.41, 5.74) is 1.20. The maximum atomic E-state index is 11.1. The molecule has 0 rings (SSSR count). The van der Waals surface area contributed by atoms with Crippen molar-refractivity contribution in [3.63, 3.8) is 0 Å². The molecular formula is C11H20O. The summed E-state index contributed by atoms with van der Waals surface area (Å²) in [5.74, 6) is 0.385. The molecule has 0 aromatic heterocycles. The van der Waals surface area contributed by atoms with E-state index in [0.29, 0.717) is 0 Å². The molecule has 0 aromatic carbocycles. The van der Waals surface area contributed by atoms with E-state index in [1.165, 1.54) is 0 Å². The Bertz CT molecular complexity index is 189. The molecule has 0 aliphatic carbocycles. The van der Waals surface area contributed by atoms with Crippen LogP contribution in [0.1, 0.15) is 41.0 Å². The van der Waals surface area contributed by atoms with Crippen LogP contribution in [0.2, 0.25) is 0 Å². The summed E-state index contributed by atoms with van der Waals surface area (Å²) in [6.07, 6.45) is 0.924. The molecule has 0 amide bonds. The van der Waals surface area contributed by atoms with Crippen LogP contribution in [0, 0.1) is 11.3 Å². The molecule has 0 heterocycles. The largest absolute Gasteiger partial charge is 0.300 e. The number of carbonyl (C=O) groups excluding carboxylic acids is 1. The van der Waals surface area contributed by atoms with Crippen molar-refractivity contribution >= 4 is 5.78 Å². The Balaban J connectivity index is 4.38. The normalized spacial score (nSPS) is 14.1. The summed E-state index contributed by atoms with van der Waals surface area (Å²) >= 11 is 0. The summed E-state index contributed by atoms with van der Waals surface area (Å²) in [4.78, 5) is 11.1. The summed E-state index contributed by atoms with van der Waals surface area (Å²) < 4.78 is 0. The molecule has 0 aromatic rings. The van der Waals surface area contributed by atoms with Crippen molar-refractivity contribution in [3.05, 3.63) is 12.2 Å². The minimum Gasteiger partial charge on any atom is -0.300 e.